The molecule has 132 valence electrons. The predicted octanol–water partition coefficient (Wildman–Crippen LogP) is 2.43. The third kappa shape index (κ3) is 2.77. The fourth-order valence-electron chi connectivity index (χ4n) is 3.79. The Morgan fingerprint density at radius 2 is 1.69 bits per heavy atom. The molecule has 3 heterocycles. The molecule has 2 aliphatic heterocycles. The van der Waals surface area contributed by atoms with Gasteiger partial charge in [0.05, 0.1) is 17.2 Å². The Balaban J connectivity index is 1.43. The number of fused-ring (bicyclic) bond motifs is 1. The normalized spacial score (nSPS) is 19.2. The molecule has 1 fully saturated rings. The van der Waals surface area contributed by atoms with Crippen molar-refractivity contribution in [2.24, 2.45) is 0 Å². The number of carbonyl (C=O) groups excluding carboxylic acids is 3. The number of carbonyl (C=O) groups is 3. The summed E-state index contributed by atoms with van der Waals surface area (Å²) in [5, 5.41) is 0. The lowest BCUT2D eigenvalue weighted by molar-refractivity contribution is -0.132. The second-order valence-electron chi connectivity index (χ2n) is 6.58. The van der Waals surface area contributed by atoms with E-state index in [4.69, 9.17) is 0 Å². The second kappa shape index (κ2) is 6.71. The van der Waals surface area contributed by atoms with Gasteiger partial charge in [-0.25, -0.2) is 0 Å². The van der Waals surface area contributed by atoms with Crippen molar-refractivity contribution in [3.05, 3.63) is 65.5 Å². The van der Waals surface area contributed by atoms with E-state index in [1.165, 1.54) is 4.90 Å². The number of pyridine rings is 1. The molecular weight excluding hydrogens is 330 g/mol. The monoisotopic (exact) mass is 349 g/mol. The molecule has 2 aromatic rings. The number of aromatic nitrogens is 1. The van der Waals surface area contributed by atoms with E-state index in [-0.39, 0.29) is 36.7 Å². The summed E-state index contributed by atoms with van der Waals surface area (Å²) in [6.45, 7) is 0.818. The Morgan fingerprint density at radius 3 is 2.35 bits per heavy atom. The van der Waals surface area contributed by atoms with E-state index in [1.807, 2.05) is 17.0 Å². The van der Waals surface area contributed by atoms with Crippen LogP contribution in [-0.4, -0.2) is 45.6 Å². The fourth-order valence-corrected chi connectivity index (χ4v) is 3.79. The van der Waals surface area contributed by atoms with Crippen LogP contribution in [0.3, 0.4) is 0 Å². The van der Waals surface area contributed by atoms with Gasteiger partial charge in [0.25, 0.3) is 11.8 Å². The van der Waals surface area contributed by atoms with Crippen LogP contribution in [0.2, 0.25) is 0 Å². The van der Waals surface area contributed by atoms with Crippen LogP contribution in [0.25, 0.3) is 0 Å². The minimum absolute atomic E-state index is 0.0270. The highest BCUT2D eigenvalue weighted by molar-refractivity contribution is 6.21. The van der Waals surface area contributed by atoms with Gasteiger partial charge in [0.2, 0.25) is 5.91 Å². The molecule has 3 amide bonds. The van der Waals surface area contributed by atoms with E-state index in [0.717, 1.165) is 18.4 Å². The zero-order chi connectivity index (χ0) is 18.1. The van der Waals surface area contributed by atoms with Crippen molar-refractivity contribution < 1.29 is 14.4 Å². The Bertz CT molecular complexity index is 831. The topological polar surface area (TPSA) is 70.6 Å². The van der Waals surface area contributed by atoms with Crippen molar-refractivity contribution in [2.75, 3.05) is 13.1 Å². The van der Waals surface area contributed by atoms with Crippen molar-refractivity contribution in [3.63, 3.8) is 0 Å². The molecule has 1 unspecified atom stereocenters. The highest BCUT2D eigenvalue weighted by Crippen LogP contribution is 2.32. The summed E-state index contributed by atoms with van der Waals surface area (Å²) in [5.74, 6) is -0.656. The number of amides is 3. The fraction of sp³-hybridized carbons (Fsp3) is 0.300. The van der Waals surface area contributed by atoms with Crippen LogP contribution in [0, 0.1) is 0 Å². The van der Waals surface area contributed by atoms with E-state index >= 15 is 0 Å². The van der Waals surface area contributed by atoms with Crippen LogP contribution in [0.1, 0.15) is 51.6 Å². The smallest absolute Gasteiger partial charge is 0.261 e. The van der Waals surface area contributed by atoms with Crippen molar-refractivity contribution in [3.8, 4) is 0 Å². The van der Waals surface area contributed by atoms with Gasteiger partial charge in [-0.2, -0.15) is 0 Å². The SMILES string of the molecule is O=C1c2ccccc2C(=O)N1CCC(=O)N1CCCC1c1ccncc1. The largest absolute Gasteiger partial charge is 0.336 e. The lowest BCUT2D eigenvalue weighted by Crippen LogP contribution is -2.36. The summed E-state index contributed by atoms with van der Waals surface area (Å²) in [6.07, 6.45) is 5.48. The van der Waals surface area contributed by atoms with Crippen LogP contribution >= 0.6 is 0 Å². The van der Waals surface area contributed by atoms with Crippen LogP contribution in [0.4, 0.5) is 0 Å². The lowest BCUT2D eigenvalue weighted by Gasteiger charge is -2.26. The highest BCUT2D eigenvalue weighted by atomic mass is 16.2. The van der Waals surface area contributed by atoms with Gasteiger partial charge in [0, 0.05) is 31.9 Å². The maximum Gasteiger partial charge on any atom is 0.261 e. The van der Waals surface area contributed by atoms with Gasteiger partial charge in [-0.1, -0.05) is 12.1 Å². The van der Waals surface area contributed by atoms with E-state index in [0.29, 0.717) is 17.7 Å². The van der Waals surface area contributed by atoms with Crippen LogP contribution in [-0.2, 0) is 4.79 Å². The van der Waals surface area contributed by atoms with Crippen LogP contribution in [0.5, 0.6) is 0 Å². The van der Waals surface area contributed by atoms with Crippen LogP contribution < -0.4 is 0 Å². The molecular formula is C20H19N3O3. The standard InChI is InChI=1S/C20H19N3O3/c24-18(22-12-3-6-17(22)14-7-10-21-11-8-14)9-13-23-19(25)15-4-1-2-5-16(15)20(23)26/h1-2,4-5,7-8,10-11,17H,3,6,9,12-13H2. The summed E-state index contributed by atoms with van der Waals surface area (Å²) in [6, 6.07) is 10.7. The Labute approximate surface area is 151 Å². The molecule has 26 heavy (non-hydrogen) atoms. The predicted molar refractivity (Wildman–Crippen MR) is 94.4 cm³/mol. The van der Waals surface area contributed by atoms with E-state index in [1.54, 1.807) is 36.7 Å². The third-order valence-corrected chi connectivity index (χ3v) is 5.09. The maximum absolute atomic E-state index is 12.7. The summed E-state index contributed by atoms with van der Waals surface area (Å²) < 4.78 is 0. The quantitative estimate of drug-likeness (QED) is 0.795. The number of nitrogens with zero attached hydrogens (tertiary/aromatic N) is 3. The van der Waals surface area contributed by atoms with Gasteiger partial charge < -0.3 is 4.90 Å². The Kier molecular flexibility index (Phi) is 4.24. The molecule has 6 heteroatoms. The maximum atomic E-state index is 12.7. The first-order chi connectivity index (χ1) is 12.7. The molecule has 1 aromatic carbocycles. The molecule has 0 spiro atoms. The molecule has 1 saturated heterocycles. The minimum Gasteiger partial charge on any atom is -0.336 e. The number of imide groups is 1. The zero-order valence-electron chi connectivity index (χ0n) is 14.3. The van der Waals surface area contributed by atoms with E-state index < -0.39 is 0 Å². The second-order valence-corrected chi connectivity index (χ2v) is 6.58. The summed E-state index contributed by atoms with van der Waals surface area (Å²) >= 11 is 0. The number of rotatable bonds is 4. The van der Waals surface area contributed by atoms with Crippen LogP contribution in [0.15, 0.2) is 48.8 Å². The summed E-state index contributed by atoms with van der Waals surface area (Å²) in [5.41, 5.74) is 1.91. The Hall–Kier alpha value is -3.02. The van der Waals surface area contributed by atoms with Crippen molar-refractivity contribution in [1.82, 2.24) is 14.8 Å². The zero-order valence-corrected chi connectivity index (χ0v) is 14.3. The van der Waals surface area contributed by atoms with Gasteiger partial charge in [0.15, 0.2) is 0 Å². The molecule has 1 atom stereocenters. The molecule has 2 aliphatic rings. The molecule has 0 bridgehead atoms. The highest BCUT2D eigenvalue weighted by Gasteiger charge is 2.36. The van der Waals surface area contributed by atoms with E-state index in [2.05, 4.69) is 4.98 Å². The first-order valence-corrected chi connectivity index (χ1v) is 8.81. The molecule has 0 radical (unpaired) electrons. The number of benzene rings is 1. The van der Waals surface area contributed by atoms with Gasteiger partial charge in [0.1, 0.15) is 0 Å². The van der Waals surface area contributed by atoms with Gasteiger partial charge in [-0.3, -0.25) is 24.3 Å². The number of hydrogen-bond acceptors (Lipinski definition) is 4. The summed E-state index contributed by atoms with van der Waals surface area (Å²) in [4.78, 5) is 44.6. The molecule has 0 aliphatic carbocycles. The number of hydrogen-bond donors (Lipinski definition) is 0. The average molecular weight is 349 g/mol. The minimum atomic E-state index is -0.314. The average Bonchev–Trinajstić information content (AvgIpc) is 3.26. The van der Waals surface area contributed by atoms with Gasteiger partial charge in [-0.15, -0.1) is 0 Å². The van der Waals surface area contributed by atoms with Gasteiger partial charge >= 0.3 is 0 Å². The molecule has 0 N–H and O–H groups in total. The first kappa shape index (κ1) is 16.4. The van der Waals surface area contributed by atoms with Crippen molar-refractivity contribution >= 4 is 17.7 Å². The molecule has 0 saturated carbocycles. The first-order valence-electron chi connectivity index (χ1n) is 8.81. The van der Waals surface area contributed by atoms with Gasteiger partial charge in [-0.05, 0) is 42.7 Å². The number of likely N-dealkylation sites (tertiary alicyclic amines) is 1. The van der Waals surface area contributed by atoms with E-state index in [9.17, 15) is 14.4 Å². The Morgan fingerprint density at radius 1 is 1.04 bits per heavy atom. The molecule has 4 rings (SSSR count). The van der Waals surface area contributed by atoms with Crippen molar-refractivity contribution in [1.29, 1.82) is 0 Å². The molecule has 1 aromatic heterocycles. The van der Waals surface area contributed by atoms with Crippen molar-refractivity contribution in [2.45, 2.75) is 25.3 Å². The summed E-state index contributed by atoms with van der Waals surface area (Å²) in [7, 11) is 0. The molecule has 6 nitrogen and oxygen atoms in total. The third-order valence-electron chi connectivity index (χ3n) is 5.09. The lowest BCUT2D eigenvalue weighted by atomic mass is 10.1.